The van der Waals surface area contributed by atoms with E-state index in [9.17, 15) is 0 Å². The minimum Gasteiger partial charge on any atom is -0.127 e. The Morgan fingerprint density at radius 2 is 1.90 bits per heavy atom. The molecule has 0 atom stereocenters. The molecule has 2 rings (SSSR count). The van der Waals surface area contributed by atoms with Gasteiger partial charge in [-0.25, -0.2) is 0 Å². The normalized spacial score (nSPS) is 10.0. The SMILES string of the molecule is [c]1ccc2nnnnc2c1. The van der Waals surface area contributed by atoms with E-state index in [1.54, 1.807) is 18.2 Å². The molecule has 0 saturated carbocycles. The number of nitrogens with zero attached hydrogens (tertiary/aromatic N) is 4. The summed E-state index contributed by atoms with van der Waals surface area (Å²) in [6, 6.07) is 8.14. The van der Waals surface area contributed by atoms with E-state index in [0.29, 0.717) is 0 Å². The molecule has 0 fully saturated rings. The Balaban J connectivity index is 2.89. The van der Waals surface area contributed by atoms with Crippen molar-refractivity contribution in [2.45, 2.75) is 0 Å². The minimum absolute atomic E-state index is 0.720. The first kappa shape index (κ1) is 5.22. The lowest BCUT2D eigenvalue weighted by Crippen LogP contribution is -1.90. The second kappa shape index (κ2) is 1.98. The molecule has 1 aromatic heterocycles. The largest absolute Gasteiger partial charge is 0.127 e. The molecule has 4 heteroatoms. The predicted octanol–water partition coefficient (Wildman–Crippen LogP) is 0.220. The highest BCUT2D eigenvalue weighted by Gasteiger charge is 1.91. The third kappa shape index (κ3) is 0.699. The van der Waals surface area contributed by atoms with Crippen LogP contribution < -0.4 is 0 Å². The molecule has 1 heterocycles. The number of fused-ring (bicyclic) bond motifs is 1. The van der Waals surface area contributed by atoms with E-state index in [0.717, 1.165) is 11.0 Å². The van der Waals surface area contributed by atoms with Crippen molar-refractivity contribution < 1.29 is 0 Å². The zero-order valence-corrected chi connectivity index (χ0v) is 5.02. The molecular formula is C6H3N4. The molecule has 0 amide bonds. The van der Waals surface area contributed by atoms with Crippen LogP contribution in [0.25, 0.3) is 11.0 Å². The molecule has 2 aromatic rings. The van der Waals surface area contributed by atoms with Gasteiger partial charge in [-0.15, -0.1) is 10.2 Å². The smallest absolute Gasteiger partial charge is 0.116 e. The fourth-order valence-electron chi connectivity index (χ4n) is 0.714. The first-order chi connectivity index (χ1) is 4.97. The van der Waals surface area contributed by atoms with Crippen LogP contribution in [-0.4, -0.2) is 20.6 Å². The van der Waals surface area contributed by atoms with Crippen molar-refractivity contribution in [3.05, 3.63) is 24.3 Å². The second-order valence-corrected chi connectivity index (χ2v) is 1.79. The van der Waals surface area contributed by atoms with Crippen LogP contribution in [0.1, 0.15) is 0 Å². The summed E-state index contributed by atoms with van der Waals surface area (Å²) in [5.41, 5.74) is 1.46. The van der Waals surface area contributed by atoms with Gasteiger partial charge in [0.25, 0.3) is 0 Å². The highest BCUT2D eigenvalue weighted by molar-refractivity contribution is 5.71. The van der Waals surface area contributed by atoms with Gasteiger partial charge in [0, 0.05) is 0 Å². The lowest BCUT2D eigenvalue weighted by atomic mass is 10.3. The highest BCUT2D eigenvalue weighted by atomic mass is 15.4. The molecule has 10 heavy (non-hydrogen) atoms. The third-order valence-corrected chi connectivity index (χ3v) is 1.16. The summed E-state index contributed by atoms with van der Waals surface area (Å²) in [6.45, 7) is 0. The van der Waals surface area contributed by atoms with E-state index in [-0.39, 0.29) is 0 Å². The van der Waals surface area contributed by atoms with Crippen molar-refractivity contribution in [3.63, 3.8) is 0 Å². The summed E-state index contributed by atoms with van der Waals surface area (Å²) >= 11 is 0. The maximum atomic E-state index is 3.74. The molecule has 0 aliphatic heterocycles. The molecule has 0 saturated heterocycles. The average Bonchev–Trinajstić information content (AvgIpc) is 2.05. The van der Waals surface area contributed by atoms with Gasteiger partial charge in [-0.3, -0.25) is 0 Å². The number of hydrogen-bond acceptors (Lipinski definition) is 4. The van der Waals surface area contributed by atoms with Crippen molar-refractivity contribution in [2.24, 2.45) is 0 Å². The van der Waals surface area contributed by atoms with Crippen LogP contribution in [0.2, 0.25) is 0 Å². The molecule has 47 valence electrons. The molecule has 0 aliphatic rings. The molecule has 0 N–H and O–H groups in total. The Bertz CT molecular complexity index is 281. The van der Waals surface area contributed by atoms with E-state index >= 15 is 0 Å². The Kier molecular flexibility index (Phi) is 1.04. The van der Waals surface area contributed by atoms with E-state index in [1.165, 1.54) is 0 Å². The molecule has 0 bridgehead atoms. The van der Waals surface area contributed by atoms with Crippen LogP contribution in [0, 0.1) is 6.07 Å². The Hall–Kier alpha value is -1.58. The zero-order valence-electron chi connectivity index (χ0n) is 5.02. The van der Waals surface area contributed by atoms with Gasteiger partial charge in [-0.2, -0.15) is 0 Å². The second-order valence-electron chi connectivity index (χ2n) is 1.79. The predicted molar refractivity (Wildman–Crippen MR) is 34.0 cm³/mol. The fraction of sp³-hybridized carbons (Fsp3) is 0. The fourth-order valence-corrected chi connectivity index (χ4v) is 0.714. The summed E-state index contributed by atoms with van der Waals surface area (Å²) in [4.78, 5) is 0. The Morgan fingerprint density at radius 1 is 1.10 bits per heavy atom. The minimum atomic E-state index is 0.720. The van der Waals surface area contributed by atoms with Gasteiger partial charge in [0.1, 0.15) is 11.0 Å². The monoisotopic (exact) mass is 131 g/mol. The molecule has 0 aliphatic carbocycles. The molecule has 4 nitrogen and oxygen atoms in total. The van der Waals surface area contributed by atoms with Gasteiger partial charge < -0.3 is 0 Å². The lowest BCUT2D eigenvalue weighted by molar-refractivity contribution is 0.797. The van der Waals surface area contributed by atoms with Gasteiger partial charge in [-0.1, -0.05) is 6.07 Å². The molecule has 1 aromatic carbocycles. The van der Waals surface area contributed by atoms with Crippen molar-refractivity contribution >= 4 is 11.0 Å². The summed E-state index contributed by atoms with van der Waals surface area (Å²) in [6.07, 6.45) is 0. The van der Waals surface area contributed by atoms with Crippen LogP contribution >= 0.6 is 0 Å². The molecular weight excluding hydrogens is 128 g/mol. The van der Waals surface area contributed by atoms with Crippen molar-refractivity contribution in [1.82, 2.24) is 20.6 Å². The first-order valence-electron chi connectivity index (χ1n) is 2.79. The van der Waals surface area contributed by atoms with Crippen molar-refractivity contribution in [2.75, 3.05) is 0 Å². The number of benzene rings is 1. The average molecular weight is 131 g/mol. The van der Waals surface area contributed by atoms with Crippen LogP contribution in [0.3, 0.4) is 0 Å². The molecule has 1 radical (unpaired) electrons. The van der Waals surface area contributed by atoms with Crippen LogP contribution in [0.15, 0.2) is 18.2 Å². The Labute approximate surface area is 56.9 Å². The van der Waals surface area contributed by atoms with Gasteiger partial charge >= 0.3 is 0 Å². The van der Waals surface area contributed by atoms with E-state index in [1.807, 2.05) is 0 Å². The van der Waals surface area contributed by atoms with Crippen LogP contribution in [0.5, 0.6) is 0 Å². The highest BCUT2D eigenvalue weighted by Crippen LogP contribution is 2.01. The standard InChI is InChI=1S/C6H3N4/c1-2-4-6-5(3-1)7-9-10-8-6/h1,3-4H. The summed E-state index contributed by atoms with van der Waals surface area (Å²) in [7, 11) is 0. The van der Waals surface area contributed by atoms with Gasteiger partial charge in [-0.05, 0) is 28.6 Å². The number of rotatable bonds is 0. The van der Waals surface area contributed by atoms with Crippen molar-refractivity contribution in [1.29, 1.82) is 0 Å². The summed E-state index contributed by atoms with van der Waals surface area (Å²) in [5.74, 6) is 0. The van der Waals surface area contributed by atoms with Crippen LogP contribution in [-0.2, 0) is 0 Å². The van der Waals surface area contributed by atoms with E-state index in [2.05, 4.69) is 26.7 Å². The summed E-state index contributed by atoms with van der Waals surface area (Å²) in [5, 5.41) is 14.2. The van der Waals surface area contributed by atoms with Gasteiger partial charge in [0.15, 0.2) is 0 Å². The maximum absolute atomic E-state index is 3.74. The lowest BCUT2D eigenvalue weighted by Gasteiger charge is -1.87. The zero-order chi connectivity index (χ0) is 6.81. The topological polar surface area (TPSA) is 51.6 Å². The number of hydrogen-bond donors (Lipinski definition) is 0. The first-order valence-corrected chi connectivity index (χ1v) is 2.79. The van der Waals surface area contributed by atoms with Crippen LogP contribution in [0.4, 0.5) is 0 Å². The maximum Gasteiger partial charge on any atom is 0.116 e. The number of aromatic nitrogens is 4. The third-order valence-electron chi connectivity index (χ3n) is 1.16. The Morgan fingerprint density at radius 3 is 2.70 bits per heavy atom. The molecule has 0 spiro atoms. The quantitative estimate of drug-likeness (QED) is 0.513. The molecule has 0 unspecified atom stereocenters. The van der Waals surface area contributed by atoms with Crippen molar-refractivity contribution in [3.8, 4) is 0 Å². The summed E-state index contributed by atoms with van der Waals surface area (Å²) < 4.78 is 0. The van der Waals surface area contributed by atoms with E-state index in [4.69, 9.17) is 0 Å². The van der Waals surface area contributed by atoms with E-state index < -0.39 is 0 Å². The van der Waals surface area contributed by atoms with Gasteiger partial charge in [0.2, 0.25) is 0 Å². The van der Waals surface area contributed by atoms with Gasteiger partial charge in [0.05, 0.1) is 0 Å².